The maximum absolute atomic E-state index is 12.7. The fourth-order valence-electron chi connectivity index (χ4n) is 3.01. The van der Waals surface area contributed by atoms with E-state index < -0.39 is 11.9 Å². The van der Waals surface area contributed by atoms with Crippen LogP contribution >= 0.6 is 0 Å². The highest BCUT2D eigenvalue weighted by atomic mass is 16.5. The number of carbonyl (C=O) groups excluding carboxylic acids is 1. The minimum atomic E-state index is -0.843. The molecule has 24 heavy (non-hydrogen) atoms. The van der Waals surface area contributed by atoms with Gasteiger partial charge in [0.15, 0.2) is 0 Å². The first-order valence-corrected chi connectivity index (χ1v) is 7.85. The Hall–Kier alpha value is -2.82. The average molecular weight is 325 g/mol. The second-order valence-corrected chi connectivity index (χ2v) is 5.86. The first-order chi connectivity index (χ1) is 11.6. The molecule has 1 unspecified atom stereocenters. The highest BCUT2D eigenvalue weighted by Gasteiger charge is 2.31. The molecule has 2 aromatic carbocycles. The van der Waals surface area contributed by atoms with Crippen molar-refractivity contribution in [1.29, 1.82) is 0 Å². The average Bonchev–Trinajstić information content (AvgIpc) is 3.11. The van der Waals surface area contributed by atoms with Gasteiger partial charge >= 0.3 is 5.97 Å². The zero-order valence-corrected chi connectivity index (χ0v) is 13.4. The number of ether oxygens (including phenoxy) is 1. The molecule has 5 heteroatoms. The minimum absolute atomic E-state index is 0.140. The van der Waals surface area contributed by atoms with E-state index in [1.54, 1.807) is 24.1 Å². The second kappa shape index (κ2) is 6.74. The lowest BCUT2D eigenvalue weighted by Gasteiger charge is -2.17. The highest BCUT2D eigenvalue weighted by Crippen LogP contribution is 2.31. The van der Waals surface area contributed by atoms with Crippen LogP contribution in [-0.4, -0.2) is 42.1 Å². The zero-order valence-electron chi connectivity index (χ0n) is 13.4. The molecule has 0 saturated carbocycles. The van der Waals surface area contributed by atoms with E-state index in [1.165, 1.54) is 0 Å². The van der Waals surface area contributed by atoms with Crippen molar-refractivity contribution >= 4 is 11.9 Å². The number of nitrogens with zero attached hydrogens (tertiary/aromatic N) is 1. The number of hydrogen-bond donors (Lipinski definition) is 1. The smallest absolute Gasteiger partial charge is 0.308 e. The van der Waals surface area contributed by atoms with Crippen molar-refractivity contribution < 1.29 is 19.4 Å². The Kier molecular flexibility index (Phi) is 4.51. The summed E-state index contributed by atoms with van der Waals surface area (Å²) in [5.74, 6) is -0.757. The van der Waals surface area contributed by atoms with E-state index in [2.05, 4.69) is 0 Å². The molecule has 1 fully saturated rings. The number of carbonyl (C=O) groups is 2. The molecule has 1 aliphatic rings. The maximum Gasteiger partial charge on any atom is 0.308 e. The molecule has 1 amide bonds. The van der Waals surface area contributed by atoms with Gasteiger partial charge in [-0.3, -0.25) is 9.59 Å². The molecule has 0 spiro atoms. The summed E-state index contributed by atoms with van der Waals surface area (Å²) in [4.78, 5) is 25.4. The predicted molar refractivity (Wildman–Crippen MR) is 90.1 cm³/mol. The number of rotatable bonds is 4. The second-order valence-electron chi connectivity index (χ2n) is 5.86. The van der Waals surface area contributed by atoms with E-state index in [9.17, 15) is 9.59 Å². The van der Waals surface area contributed by atoms with E-state index >= 15 is 0 Å². The van der Waals surface area contributed by atoms with Crippen molar-refractivity contribution in [3.63, 3.8) is 0 Å². The number of aliphatic carboxylic acids is 1. The van der Waals surface area contributed by atoms with Crippen LogP contribution in [0.15, 0.2) is 48.5 Å². The third-order valence-electron chi connectivity index (χ3n) is 4.36. The van der Waals surface area contributed by atoms with Gasteiger partial charge in [0, 0.05) is 24.2 Å². The number of amides is 1. The first kappa shape index (κ1) is 16.1. The molecule has 5 nitrogen and oxygen atoms in total. The van der Waals surface area contributed by atoms with Gasteiger partial charge in [0.05, 0.1) is 13.0 Å². The number of carboxylic acids is 1. The third kappa shape index (κ3) is 3.11. The van der Waals surface area contributed by atoms with Crippen LogP contribution in [-0.2, 0) is 4.79 Å². The molecule has 0 aliphatic carbocycles. The van der Waals surface area contributed by atoms with E-state index in [0.29, 0.717) is 24.3 Å². The van der Waals surface area contributed by atoms with Crippen LogP contribution in [0.3, 0.4) is 0 Å². The molecule has 1 heterocycles. The molecular weight excluding hydrogens is 306 g/mol. The minimum Gasteiger partial charge on any atom is -0.496 e. The van der Waals surface area contributed by atoms with Gasteiger partial charge in [-0.15, -0.1) is 0 Å². The number of benzene rings is 2. The van der Waals surface area contributed by atoms with Gasteiger partial charge in [-0.1, -0.05) is 30.3 Å². The van der Waals surface area contributed by atoms with Crippen molar-refractivity contribution in [2.75, 3.05) is 20.2 Å². The quantitative estimate of drug-likeness (QED) is 0.938. The largest absolute Gasteiger partial charge is 0.496 e. The van der Waals surface area contributed by atoms with Crippen LogP contribution in [0.5, 0.6) is 5.75 Å². The van der Waals surface area contributed by atoms with Crippen molar-refractivity contribution in [1.82, 2.24) is 4.90 Å². The Morgan fingerprint density at radius 2 is 1.92 bits per heavy atom. The van der Waals surface area contributed by atoms with Crippen molar-refractivity contribution in [2.45, 2.75) is 6.42 Å². The molecule has 0 radical (unpaired) electrons. The summed E-state index contributed by atoms with van der Waals surface area (Å²) < 4.78 is 5.41. The van der Waals surface area contributed by atoms with Crippen molar-refractivity contribution in [3.8, 4) is 16.9 Å². The summed E-state index contributed by atoms with van der Waals surface area (Å²) in [6.45, 7) is 0.739. The summed E-state index contributed by atoms with van der Waals surface area (Å²) in [6, 6.07) is 15.0. The number of carboxylic acid groups (broad SMARTS) is 1. The van der Waals surface area contributed by atoms with Crippen LogP contribution < -0.4 is 4.74 Å². The lowest BCUT2D eigenvalue weighted by molar-refractivity contribution is -0.141. The number of likely N-dealkylation sites (tertiary alicyclic amines) is 1. The van der Waals surface area contributed by atoms with Crippen molar-refractivity contribution in [3.05, 3.63) is 54.1 Å². The SMILES string of the molecule is COc1ccc(C(=O)N2CCC(C(=O)O)C2)cc1-c1ccccc1. The van der Waals surface area contributed by atoms with Gasteiger partial charge in [0.1, 0.15) is 5.75 Å². The van der Waals surface area contributed by atoms with Crippen LogP contribution in [0, 0.1) is 5.92 Å². The highest BCUT2D eigenvalue weighted by molar-refractivity contribution is 5.96. The molecule has 1 saturated heterocycles. The normalized spacial score (nSPS) is 16.9. The number of hydrogen-bond acceptors (Lipinski definition) is 3. The van der Waals surface area contributed by atoms with Gasteiger partial charge in [0.25, 0.3) is 5.91 Å². The Morgan fingerprint density at radius 1 is 1.17 bits per heavy atom. The summed E-state index contributed by atoms with van der Waals surface area (Å²) in [7, 11) is 1.60. The maximum atomic E-state index is 12.7. The van der Waals surface area contributed by atoms with E-state index in [-0.39, 0.29) is 12.5 Å². The van der Waals surface area contributed by atoms with Gasteiger partial charge in [-0.2, -0.15) is 0 Å². The predicted octanol–water partition coefficient (Wildman–Crippen LogP) is 2.91. The molecule has 1 atom stereocenters. The standard InChI is InChI=1S/C19H19NO4/c1-24-17-8-7-14(11-16(17)13-5-3-2-4-6-13)18(21)20-10-9-15(12-20)19(22)23/h2-8,11,15H,9-10,12H2,1H3,(H,22,23). The molecular formula is C19H19NO4. The molecule has 1 N–H and O–H groups in total. The zero-order chi connectivity index (χ0) is 17.1. The third-order valence-corrected chi connectivity index (χ3v) is 4.36. The van der Waals surface area contributed by atoms with Crippen LogP contribution in [0.25, 0.3) is 11.1 Å². The summed E-state index contributed by atoms with van der Waals surface area (Å²) in [5, 5.41) is 9.09. The van der Waals surface area contributed by atoms with Crippen LogP contribution in [0.4, 0.5) is 0 Å². The van der Waals surface area contributed by atoms with E-state index in [4.69, 9.17) is 9.84 Å². The van der Waals surface area contributed by atoms with E-state index in [1.807, 2.05) is 36.4 Å². The Labute approximate surface area is 140 Å². The summed E-state index contributed by atoms with van der Waals surface area (Å²) in [5.41, 5.74) is 2.35. The monoisotopic (exact) mass is 325 g/mol. The van der Waals surface area contributed by atoms with Gasteiger partial charge < -0.3 is 14.7 Å². The van der Waals surface area contributed by atoms with E-state index in [0.717, 1.165) is 11.1 Å². The topological polar surface area (TPSA) is 66.8 Å². The molecule has 2 aromatic rings. The van der Waals surface area contributed by atoms with Gasteiger partial charge in [-0.05, 0) is 30.2 Å². The van der Waals surface area contributed by atoms with Crippen LogP contribution in [0.2, 0.25) is 0 Å². The lowest BCUT2D eigenvalue weighted by atomic mass is 10.0. The van der Waals surface area contributed by atoms with Crippen molar-refractivity contribution in [2.24, 2.45) is 5.92 Å². The Bertz CT molecular complexity index is 757. The molecule has 1 aliphatic heterocycles. The molecule has 0 bridgehead atoms. The summed E-state index contributed by atoms with van der Waals surface area (Å²) >= 11 is 0. The Balaban J connectivity index is 1.89. The Morgan fingerprint density at radius 3 is 2.54 bits per heavy atom. The first-order valence-electron chi connectivity index (χ1n) is 7.85. The molecule has 124 valence electrons. The molecule has 0 aromatic heterocycles. The molecule has 3 rings (SSSR count). The van der Waals surface area contributed by atoms with Crippen LogP contribution in [0.1, 0.15) is 16.8 Å². The number of methoxy groups -OCH3 is 1. The fourth-order valence-corrected chi connectivity index (χ4v) is 3.01. The lowest BCUT2D eigenvalue weighted by Crippen LogP contribution is -2.29. The van der Waals surface area contributed by atoms with Gasteiger partial charge in [-0.25, -0.2) is 0 Å². The van der Waals surface area contributed by atoms with Gasteiger partial charge in [0.2, 0.25) is 0 Å². The summed E-state index contributed by atoms with van der Waals surface area (Å²) in [6.07, 6.45) is 0.503. The fraction of sp³-hybridized carbons (Fsp3) is 0.263.